The number of carbonyl (C=O) groups is 2. The monoisotopic (exact) mass is 381 g/mol. The molecule has 1 amide bonds. The fraction of sp³-hybridized carbons (Fsp3) is 0.455. The van der Waals surface area contributed by atoms with E-state index in [1.165, 1.54) is 20.0 Å². The predicted octanol–water partition coefficient (Wildman–Crippen LogP) is 3.03. The quantitative estimate of drug-likeness (QED) is 0.830. The zero-order valence-corrected chi connectivity index (χ0v) is 16.5. The fourth-order valence-corrected chi connectivity index (χ4v) is 4.65. The first kappa shape index (κ1) is 18.7. The number of benzene rings is 1. The molecule has 0 bridgehead atoms. The van der Waals surface area contributed by atoms with E-state index in [4.69, 9.17) is 4.74 Å². The topological polar surface area (TPSA) is 65.6 Å². The van der Waals surface area contributed by atoms with E-state index in [0.717, 1.165) is 49.3 Å². The van der Waals surface area contributed by atoms with E-state index >= 15 is 0 Å². The minimum atomic E-state index is -0.394. The maximum absolute atomic E-state index is 13.0. The van der Waals surface area contributed by atoms with Crippen LogP contribution in [0, 0.1) is 5.41 Å². The highest BCUT2D eigenvalue weighted by molar-refractivity contribution is 5.95. The van der Waals surface area contributed by atoms with Crippen LogP contribution in [0.3, 0.4) is 0 Å². The molecule has 1 unspecified atom stereocenters. The molecule has 1 spiro atoms. The van der Waals surface area contributed by atoms with Gasteiger partial charge in [-0.2, -0.15) is 0 Å². The van der Waals surface area contributed by atoms with Gasteiger partial charge in [0.05, 0.1) is 7.11 Å². The highest BCUT2D eigenvalue weighted by Crippen LogP contribution is 2.38. The SMILES string of the molecule is COC(=O)c1cc(-c2ccc(C(=O)N3CCCC4(CCN(C)C4)C3)cc2)c[nH]1. The summed E-state index contributed by atoms with van der Waals surface area (Å²) in [7, 11) is 3.53. The zero-order valence-electron chi connectivity index (χ0n) is 16.5. The normalized spacial score (nSPS) is 22.6. The Balaban J connectivity index is 1.47. The number of aromatic amines is 1. The molecule has 28 heavy (non-hydrogen) atoms. The van der Waals surface area contributed by atoms with Crippen LogP contribution in [0.15, 0.2) is 36.5 Å². The van der Waals surface area contributed by atoms with Crippen LogP contribution in [0.2, 0.25) is 0 Å². The van der Waals surface area contributed by atoms with Crippen LogP contribution in [0.1, 0.15) is 40.1 Å². The van der Waals surface area contributed by atoms with Crippen molar-refractivity contribution < 1.29 is 14.3 Å². The largest absolute Gasteiger partial charge is 0.464 e. The van der Waals surface area contributed by atoms with Crippen LogP contribution in [0.4, 0.5) is 0 Å². The molecule has 6 nitrogen and oxygen atoms in total. The van der Waals surface area contributed by atoms with E-state index in [2.05, 4.69) is 16.9 Å². The Hall–Kier alpha value is -2.60. The Morgan fingerprint density at radius 2 is 1.86 bits per heavy atom. The number of ether oxygens (including phenoxy) is 1. The summed E-state index contributed by atoms with van der Waals surface area (Å²) >= 11 is 0. The number of aromatic nitrogens is 1. The molecule has 148 valence electrons. The standard InChI is InChI=1S/C22H27N3O3/c1-24-11-9-22(14-24)8-3-10-25(15-22)20(26)17-6-4-16(5-7-17)18-12-19(23-13-18)21(27)28-2/h4-7,12-13,23H,3,8-11,14-15H2,1-2H3. The molecule has 2 aliphatic rings. The number of rotatable bonds is 3. The van der Waals surface area contributed by atoms with E-state index in [9.17, 15) is 9.59 Å². The van der Waals surface area contributed by atoms with Crippen molar-refractivity contribution in [2.75, 3.05) is 40.3 Å². The third kappa shape index (κ3) is 3.56. The van der Waals surface area contributed by atoms with Gasteiger partial charge < -0.3 is 19.5 Å². The summed E-state index contributed by atoms with van der Waals surface area (Å²) < 4.78 is 4.73. The highest BCUT2D eigenvalue weighted by Gasteiger charge is 2.41. The molecule has 3 heterocycles. The molecule has 1 N–H and O–H groups in total. The number of esters is 1. The minimum absolute atomic E-state index is 0.115. The summed E-state index contributed by atoms with van der Waals surface area (Å²) in [6, 6.07) is 9.38. The fourth-order valence-electron chi connectivity index (χ4n) is 4.65. The number of carbonyl (C=O) groups excluding carboxylic acids is 2. The van der Waals surface area contributed by atoms with Gasteiger partial charge >= 0.3 is 5.97 Å². The van der Waals surface area contributed by atoms with Crippen molar-refractivity contribution in [1.29, 1.82) is 0 Å². The van der Waals surface area contributed by atoms with Crippen LogP contribution in [-0.2, 0) is 4.74 Å². The lowest BCUT2D eigenvalue weighted by molar-refractivity contribution is 0.0534. The predicted molar refractivity (Wildman–Crippen MR) is 107 cm³/mol. The Morgan fingerprint density at radius 3 is 2.54 bits per heavy atom. The first-order valence-corrected chi connectivity index (χ1v) is 9.85. The average Bonchev–Trinajstić information content (AvgIpc) is 3.34. The first-order chi connectivity index (χ1) is 13.5. The number of hydrogen-bond donors (Lipinski definition) is 1. The number of H-pyrrole nitrogens is 1. The third-order valence-corrected chi connectivity index (χ3v) is 6.13. The van der Waals surface area contributed by atoms with Crippen molar-refractivity contribution in [2.45, 2.75) is 19.3 Å². The molecule has 0 saturated carbocycles. The summed E-state index contributed by atoms with van der Waals surface area (Å²) in [4.78, 5) is 32.0. The zero-order chi connectivity index (χ0) is 19.7. The van der Waals surface area contributed by atoms with Gasteiger partial charge in [0.25, 0.3) is 5.91 Å². The van der Waals surface area contributed by atoms with Crippen LogP contribution >= 0.6 is 0 Å². The molecule has 1 atom stereocenters. The Morgan fingerprint density at radius 1 is 1.07 bits per heavy atom. The van der Waals surface area contributed by atoms with Gasteiger partial charge in [0.1, 0.15) is 5.69 Å². The molecule has 1 aromatic heterocycles. The lowest BCUT2D eigenvalue weighted by Crippen LogP contribution is -2.47. The molecule has 2 aliphatic heterocycles. The molecule has 6 heteroatoms. The maximum atomic E-state index is 13.0. The number of hydrogen-bond acceptors (Lipinski definition) is 4. The molecular formula is C22H27N3O3. The van der Waals surface area contributed by atoms with Gasteiger partial charge in [0.15, 0.2) is 0 Å². The number of piperidine rings is 1. The number of amides is 1. The van der Waals surface area contributed by atoms with Gasteiger partial charge in [0.2, 0.25) is 0 Å². The van der Waals surface area contributed by atoms with Gasteiger partial charge in [-0.25, -0.2) is 4.79 Å². The molecule has 0 aliphatic carbocycles. The Kier molecular flexibility index (Phi) is 4.98. The minimum Gasteiger partial charge on any atom is -0.464 e. The van der Waals surface area contributed by atoms with Gasteiger partial charge in [-0.05, 0) is 62.2 Å². The number of nitrogens with zero attached hydrogens (tertiary/aromatic N) is 2. The first-order valence-electron chi connectivity index (χ1n) is 9.85. The molecule has 2 saturated heterocycles. The molecule has 4 rings (SSSR count). The summed E-state index contributed by atoms with van der Waals surface area (Å²) in [5.41, 5.74) is 3.26. The van der Waals surface area contributed by atoms with E-state index < -0.39 is 5.97 Å². The molecule has 1 aromatic carbocycles. The van der Waals surface area contributed by atoms with Crippen LogP contribution in [0.5, 0.6) is 0 Å². The summed E-state index contributed by atoms with van der Waals surface area (Å²) in [6.07, 6.45) is 5.25. The van der Waals surface area contributed by atoms with Gasteiger partial charge in [-0.1, -0.05) is 12.1 Å². The van der Waals surface area contributed by atoms with Crippen LogP contribution < -0.4 is 0 Å². The third-order valence-electron chi connectivity index (χ3n) is 6.13. The second kappa shape index (κ2) is 7.43. The highest BCUT2D eigenvalue weighted by atomic mass is 16.5. The second-order valence-corrected chi connectivity index (χ2v) is 8.19. The van der Waals surface area contributed by atoms with Gasteiger partial charge in [-0.3, -0.25) is 4.79 Å². The van der Waals surface area contributed by atoms with Crippen molar-refractivity contribution in [3.8, 4) is 11.1 Å². The number of methoxy groups -OCH3 is 1. The smallest absolute Gasteiger partial charge is 0.354 e. The van der Waals surface area contributed by atoms with E-state index in [0.29, 0.717) is 5.69 Å². The number of likely N-dealkylation sites (tertiary alicyclic amines) is 2. The van der Waals surface area contributed by atoms with Crippen molar-refractivity contribution in [1.82, 2.24) is 14.8 Å². The van der Waals surface area contributed by atoms with Crippen molar-refractivity contribution in [2.24, 2.45) is 5.41 Å². The van der Waals surface area contributed by atoms with Crippen LogP contribution in [0.25, 0.3) is 11.1 Å². The van der Waals surface area contributed by atoms with Crippen molar-refractivity contribution in [3.63, 3.8) is 0 Å². The maximum Gasteiger partial charge on any atom is 0.354 e. The van der Waals surface area contributed by atoms with Gasteiger partial charge in [0, 0.05) is 36.8 Å². The Bertz CT molecular complexity index is 869. The van der Waals surface area contributed by atoms with E-state index in [1.54, 1.807) is 12.3 Å². The lowest BCUT2D eigenvalue weighted by atomic mass is 9.79. The summed E-state index contributed by atoms with van der Waals surface area (Å²) in [5.74, 6) is -0.279. The Labute approximate surface area is 165 Å². The molecule has 0 radical (unpaired) electrons. The average molecular weight is 381 g/mol. The van der Waals surface area contributed by atoms with Gasteiger partial charge in [-0.15, -0.1) is 0 Å². The lowest BCUT2D eigenvalue weighted by Gasteiger charge is -2.40. The summed E-state index contributed by atoms with van der Waals surface area (Å²) in [6.45, 7) is 3.91. The number of nitrogens with one attached hydrogen (secondary N) is 1. The second-order valence-electron chi connectivity index (χ2n) is 8.19. The molecule has 2 aromatic rings. The summed E-state index contributed by atoms with van der Waals surface area (Å²) in [5, 5.41) is 0. The van der Waals surface area contributed by atoms with Crippen molar-refractivity contribution >= 4 is 11.9 Å². The molecular weight excluding hydrogens is 354 g/mol. The van der Waals surface area contributed by atoms with Crippen molar-refractivity contribution in [3.05, 3.63) is 47.8 Å². The van der Waals surface area contributed by atoms with E-state index in [1.807, 2.05) is 29.2 Å². The van der Waals surface area contributed by atoms with Crippen LogP contribution in [-0.4, -0.2) is 67.0 Å². The molecule has 2 fully saturated rings. The van der Waals surface area contributed by atoms with E-state index in [-0.39, 0.29) is 11.3 Å².